The SMILES string of the molecule is O=C(Nc1ccc(SC(C(=O)Nc2ccc(Cl)c(Cl)c2)c2ccccc2)cc1)c1cccc(Cl)c1. The molecule has 0 saturated carbocycles. The van der Waals surface area contributed by atoms with Gasteiger partial charge in [0, 0.05) is 26.9 Å². The number of thioether (sulfide) groups is 1. The van der Waals surface area contributed by atoms with Crippen molar-refractivity contribution in [2.75, 3.05) is 10.6 Å². The van der Waals surface area contributed by atoms with Crippen molar-refractivity contribution >= 4 is 69.8 Å². The highest BCUT2D eigenvalue weighted by Crippen LogP contribution is 2.37. The fraction of sp³-hybridized carbons (Fsp3) is 0.0370. The van der Waals surface area contributed by atoms with Gasteiger partial charge in [-0.3, -0.25) is 9.59 Å². The fourth-order valence-electron chi connectivity index (χ4n) is 3.27. The lowest BCUT2D eigenvalue weighted by molar-refractivity contribution is -0.115. The standard InChI is InChI=1S/C27H19Cl3N2O2S/c28-19-8-4-7-18(15-19)26(33)31-20-9-12-22(13-10-20)35-25(17-5-2-1-3-6-17)27(34)32-21-11-14-23(29)24(30)16-21/h1-16,25H,(H,31,33)(H,32,34). The number of rotatable bonds is 7. The van der Waals surface area contributed by atoms with Gasteiger partial charge in [-0.25, -0.2) is 0 Å². The Morgan fingerprint density at radius 3 is 2.09 bits per heavy atom. The highest BCUT2D eigenvalue weighted by atomic mass is 35.5. The van der Waals surface area contributed by atoms with Crippen molar-refractivity contribution in [1.29, 1.82) is 0 Å². The van der Waals surface area contributed by atoms with Crippen molar-refractivity contribution < 1.29 is 9.59 Å². The molecule has 1 atom stereocenters. The molecule has 4 rings (SSSR count). The van der Waals surface area contributed by atoms with Crippen molar-refractivity contribution in [3.63, 3.8) is 0 Å². The first-order valence-corrected chi connectivity index (χ1v) is 12.5. The Labute approximate surface area is 222 Å². The second kappa shape index (κ2) is 11.6. The third kappa shape index (κ3) is 6.80. The number of amides is 2. The van der Waals surface area contributed by atoms with Gasteiger partial charge >= 0.3 is 0 Å². The van der Waals surface area contributed by atoms with Crippen LogP contribution in [-0.2, 0) is 4.79 Å². The van der Waals surface area contributed by atoms with Crippen molar-refractivity contribution in [3.05, 3.63) is 123 Å². The van der Waals surface area contributed by atoms with Crippen molar-refractivity contribution in [3.8, 4) is 0 Å². The Bertz CT molecular complexity index is 1350. The molecule has 1 unspecified atom stereocenters. The van der Waals surface area contributed by atoms with Gasteiger partial charge in [-0.2, -0.15) is 0 Å². The van der Waals surface area contributed by atoms with Gasteiger partial charge in [0.15, 0.2) is 0 Å². The Morgan fingerprint density at radius 1 is 0.686 bits per heavy atom. The molecule has 35 heavy (non-hydrogen) atoms. The van der Waals surface area contributed by atoms with Crippen LogP contribution in [0, 0.1) is 0 Å². The molecule has 0 saturated heterocycles. The number of hydrogen-bond donors (Lipinski definition) is 2. The smallest absolute Gasteiger partial charge is 0.255 e. The van der Waals surface area contributed by atoms with E-state index in [1.165, 1.54) is 11.8 Å². The molecule has 2 N–H and O–H groups in total. The van der Waals surface area contributed by atoms with Crippen LogP contribution in [0.1, 0.15) is 21.2 Å². The van der Waals surface area contributed by atoms with Crippen LogP contribution >= 0.6 is 46.6 Å². The molecule has 0 aliphatic carbocycles. The average molecular weight is 542 g/mol. The minimum atomic E-state index is -0.516. The topological polar surface area (TPSA) is 58.2 Å². The Hall–Kier alpha value is -2.96. The lowest BCUT2D eigenvalue weighted by Gasteiger charge is -2.18. The molecule has 0 radical (unpaired) electrons. The largest absolute Gasteiger partial charge is 0.325 e. The summed E-state index contributed by atoms with van der Waals surface area (Å²) in [6, 6.07) is 28.5. The first-order chi connectivity index (χ1) is 16.9. The zero-order valence-corrected chi connectivity index (χ0v) is 21.3. The number of benzene rings is 4. The molecule has 0 spiro atoms. The lowest BCUT2D eigenvalue weighted by Crippen LogP contribution is -2.19. The van der Waals surface area contributed by atoms with E-state index in [2.05, 4.69) is 10.6 Å². The molecule has 4 nitrogen and oxygen atoms in total. The van der Waals surface area contributed by atoms with Crippen LogP contribution in [0.2, 0.25) is 15.1 Å². The average Bonchev–Trinajstić information content (AvgIpc) is 2.86. The van der Waals surface area contributed by atoms with Gasteiger partial charge in [0.05, 0.1) is 10.0 Å². The molecule has 8 heteroatoms. The summed E-state index contributed by atoms with van der Waals surface area (Å²) < 4.78 is 0. The van der Waals surface area contributed by atoms with Crippen molar-refractivity contribution in [1.82, 2.24) is 0 Å². The fourth-order valence-corrected chi connectivity index (χ4v) is 4.78. The van der Waals surface area contributed by atoms with Gasteiger partial charge < -0.3 is 10.6 Å². The molecule has 2 amide bonds. The molecule has 176 valence electrons. The van der Waals surface area contributed by atoms with Crippen LogP contribution in [0.15, 0.2) is 102 Å². The molecular weight excluding hydrogens is 523 g/mol. The Kier molecular flexibility index (Phi) is 8.37. The summed E-state index contributed by atoms with van der Waals surface area (Å²) >= 11 is 19.5. The quantitative estimate of drug-likeness (QED) is 0.231. The minimum absolute atomic E-state index is 0.196. The molecule has 0 aliphatic heterocycles. The minimum Gasteiger partial charge on any atom is -0.325 e. The number of carbonyl (C=O) groups is 2. The summed E-state index contributed by atoms with van der Waals surface area (Å²) in [4.78, 5) is 26.6. The Morgan fingerprint density at radius 2 is 1.40 bits per heavy atom. The van der Waals surface area contributed by atoms with Crippen molar-refractivity contribution in [2.45, 2.75) is 10.1 Å². The molecule has 0 fully saturated rings. The predicted molar refractivity (Wildman–Crippen MR) is 146 cm³/mol. The summed E-state index contributed by atoms with van der Waals surface area (Å²) in [5.74, 6) is -0.450. The van der Waals surface area contributed by atoms with Crippen LogP contribution in [0.25, 0.3) is 0 Å². The highest BCUT2D eigenvalue weighted by molar-refractivity contribution is 8.00. The second-order valence-corrected chi connectivity index (χ2v) is 9.94. The zero-order valence-electron chi connectivity index (χ0n) is 18.2. The monoisotopic (exact) mass is 540 g/mol. The third-order valence-electron chi connectivity index (χ3n) is 4.98. The number of hydrogen-bond acceptors (Lipinski definition) is 3. The van der Waals surface area contributed by atoms with E-state index in [1.807, 2.05) is 42.5 Å². The molecule has 0 heterocycles. The molecule has 0 bridgehead atoms. The Balaban J connectivity index is 1.49. The van der Waals surface area contributed by atoms with E-state index >= 15 is 0 Å². The van der Waals surface area contributed by atoms with Crippen LogP contribution in [-0.4, -0.2) is 11.8 Å². The third-order valence-corrected chi connectivity index (χ3v) is 7.22. The zero-order chi connectivity index (χ0) is 24.8. The second-order valence-electron chi connectivity index (χ2n) is 7.52. The summed E-state index contributed by atoms with van der Waals surface area (Å²) in [6.45, 7) is 0. The first kappa shape index (κ1) is 25.1. The maximum absolute atomic E-state index is 13.2. The first-order valence-electron chi connectivity index (χ1n) is 10.5. The summed E-state index contributed by atoms with van der Waals surface area (Å²) in [5, 5.41) is 6.53. The van der Waals surface area contributed by atoms with Gasteiger partial charge in [0.25, 0.3) is 5.91 Å². The van der Waals surface area contributed by atoms with Gasteiger partial charge in [-0.15, -0.1) is 11.8 Å². The van der Waals surface area contributed by atoms with E-state index in [0.717, 1.165) is 10.5 Å². The highest BCUT2D eigenvalue weighted by Gasteiger charge is 2.22. The van der Waals surface area contributed by atoms with E-state index in [4.69, 9.17) is 34.8 Å². The van der Waals surface area contributed by atoms with Crippen LogP contribution < -0.4 is 10.6 Å². The molecule has 4 aromatic carbocycles. The predicted octanol–water partition coefficient (Wildman–Crippen LogP) is 8.37. The van der Waals surface area contributed by atoms with Gasteiger partial charge in [0.2, 0.25) is 5.91 Å². The van der Waals surface area contributed by atoms with E-state index in [9.17, 15) is 9.59 Å². The maximum atomic E-state index is 13.2. The molecular formula is C27H19Cl3N2O2S. The van der Waals surface area contributed by atoms with Crippen LogP contribution in [0.5, 0.6) is 0 Å². The normalized spacial score (nSPS) is 11.5. The van der Waals surface area contributed by atoms with E-state index < -0.39 is 5.25 Å². The number of carbonyl (C=O) groups excluding carboxylic acids is 2. The summed E-state index contributed by atoms with van der Waals surface area (Å²) in [7, 11) is 0. The van der Waals surface area contributed by atoms with E-state index in [1.54, 1.807) is 54.6 Å². The number of nitrogens with one attached hydrogen (secondary N) is 2. The summed E-state index contributed by atoms with van der Waals surface area (Å²) in [5.41, 5.74) is 2.52. The molecule has 0 aromatic heterocycles. The molecule has 0 aliphatic rings. The van der Waals surface area contributed by atoms with Crippen LogP contribution in [0.4, 0.5) is 11.4 Å². The van der Waals surface area contributed by atoms with Gasteiger partial charge in [-0.05, 0) is 66.2 Å². The maximum Gasteiger partial charge on any atom is 0.255 e. The van der Waals surface area contributed by atoms with Gasteiger partial charge in [0.1, 0.15) is 5.25 Å². The van der Waals surface area contributed by atoms with E-state index in [0.29, 0.717) is 32.0 Å². The number of anilines is 2. The lowest BCUT2D eigenvalue weighted by atomic mass is 10.1. The number of halogens is 3. The van der Waals surface area contributed by atoms with Crippen LogP contribution in [0.3, 0.4) is 0 Å². The van der Waals surface area contributed by atoms with Gasteiger partial charge in [-0.1, -0.05) is 71.2 Å². The molecule has 4 aromatic rings. The summed E-state index contributed by atoms with van der Waals surface area (Å²) in [6.07, 6.45) is 0. The van der Waals surface area contributed by atoms with Crippen molar-refractivity contribution in [2.24, 2.45) is 0 Å². The van der Waals surface area contributed by atoms with E-state index in [-0.39, 0.29) is 11.8 Å².